The van der Waals surface area contributed by atoms with Gasteiger partial charge in [0.1, 0.15) is 11.9 Å². The first-order valence-electron chi connectivity index (χ1n) is 6.08. The van der Waals surface area contributed by atoms with E-state index >= 15 is 0 Å². The Morgan fingerprint density at radius 1 is 1.11 bits per heavy atom. The van der Waals surface area contributed by atoms with Gasteiger partial charge in [0.25, 0.3) is 0 Å². The Morgan fingerprint density at radius 2 is 1.78 bits per heavy atom. The normalized spacial score (nSPS) is 12.9. The van der Waals surface area contributed by atoms with Crippen molar-refractivity contribution in [2.24, 2.45) is 0 Å². The molecule has 0 aliphatic carbocycles. The molecule has 0 saturated heterocycles. The van der Waals surface area contributed by atoms with Crippen molar-refractivity contribution in [3.63, 3.8) is 0 Å². The summed E-state index contributed by atoms with van der Waals surface area (Å²) in [6.45, 7) is 4.34. The number of furan rings is 1. The van der Waals surface area contributed by atoms with Crippen LogP contribution in [-0.4, -0.2) is 5.11 Å². The molecule has 18 heavy (non-hydrogen) atoms. The number of hydrogen-bond donors (Lipinski definition) is 1. The van der Waals surface area contributed by atoms with Crippen molar-refractivity contribution < 1.29 is 9.52 Å². The van der Waals surface area contributed by atoms with Gasteiger partial charge in [-0.15, -0.1) is 0 Å². The first-order chi connectivity index (χ1) is 8.56. The summed E-state index contributed by atoms with van der Waals surface area (Å²) in [5.74, 6) is 1.12. The average molecular weight is 309 g/mol. The predicted molar refractivity (Wildman–Crippen MR) is 75.6 cm³/mol. The van der Waals surface area contributed by atoms with Gasteiger partial charge in [-0.2, -0.15) is 0 Å². The van der Waals surface area contributed by atoms with Crippen LogP contribution >= 0.6 is 15.9 Å². The van der Waals surface area contributed by atoms with Gasteiger partial charge in [0.05, 0.1) is 0 Å². The summed E-state index contributed by atoms with van der Waals surface area (Å²) in [4.78, 5) is 0. The molecular formula is C15H17BrO2. The van der Waals surface area contributed by atoms with Crippen LogP contribution in [-0.2, 0) is 6.42 Å². The average Bonchev–Trinajstić information content (AvgIpc) is 2.76. The first kappa shape index (κ1) is 13.4. The molecule has 2 aromatic rings. The SMILES string of the molecule is CC(C)c1ccc(CC(O)c2ccc(Br)o2)cc1. The van der Waals surface area contributed by atoms with E-state index in [1.165, 1.54) is 5.56 Å². The van der Waals surface area contributed by atoms with Gasteiger partial charge >= 0.3 is 0 Å². The van der Waals surface area contributed by atoms with Crippen LogP contribution in [0.25, 0.3) is 0 Å². The van der Waals surface area contributed by atoms with Crippen LogP contribution in [0.5, 0.6) is 0 Å². The van der Waals surface area contributed by atoms with E-state index in [1.807, 2.05) is 0 Å². The molecular weight excluding hydrogens is 292 g/mol. The van der Waals surface area contributed by atoms with E-state index in [2.05, 4.69) is 54.0 Å². The molecule has 2 nitrogen and oxygen atoms in total. The number of rotatable bonds is 4. The summed E-state index contributed by atoms with van der Waals surface area (Å²) >= 11 is 3.23. The van der Waals surface area contributed by atoms with E-state index in [9.17, 15) is 5.11 Å². The lowest BCUT2D eigenvalue weighted by molar-refractivity contribution is 0.149. The Kier molecular flexibility index (Phi) is 4.25. The van der Waals surface area contributed by atoms with E-state index in [0.717, 1.165) is 5.56 Å². The Labute approximate surface area is 116 Å². The highest BCUT2D eigenvalue weighted by Gasteiger charge is 2.12. The fourth-order valence-electron chi connectivity index (χ4n) is 1.87. The van der Waals surface area contributed by atoms with E-state index in [1.54, 1.807) is 12.1 Å². The highest BCUT2D eigenvalue weighted by atomic mass is 79.9. The minimum atomic E-state index is -0.596. The van der Waals surface area contributed by atoms with Gasteiger partial charge in [0.2, 0.25) is 0 Å². The summed E-state index contributed by atoms with van der Waals surface area (Å²) in [6.07, 6.45) is -0.0283. The molecule has 1 atom stereocenters. The fourth-order valence-corrected chi connectivity index (χ4v) is 2.19. The lowest BCUT2D eigenvalue weighted by Gasteiger charge is -2.10. The van der Waals surface area contributed by atoms with Crippen molar-refractivity contribution in [3.05, 3.63) is 58.0 Å². The third kappa shape index (κ3) is 3.24. The third-order valence-electron chi connectivity index (χ3n) is 3.00. The molecule has 2 rings (SSSR count). The lowest BCUT2D eigenvalue weighted by Crippen LogP contribution is -2.00. The highest BCUT2D eigenvalue weighted by Crippen LogP contribution is 2.24. The molecule has 0 saturated carbocycles. The minimum Gasteiger partial charge on any atom is -0.452 e. The Hall–Kier alpha value is -1.06. The highest BCUT2D eigenvalue weighted by molar-refractivity contribution is 9.10. The van der Waals surface area contributed by atoms with Gasteiger partial charge in [-0.3, -0.25) is 0 Å². The maximum atomic E-state index is 10.1. The maximum absolute atomic E-state index is 10.1. The Balaban J connectivity index is 2.05. The van der Waals surface area contributed by atoms with Crippen LogP contribution in [0.2, 0.25) is 0 Å². The molecule has 1 unspecified atom stereocenters. The van der Waals surface area contributed by atoms with Crippen LogP contribution in [0.3, 0.4) is 0 Å². The van der Waals surface area contributed by atoms with Gasteiger partial charge in [-0.05, 0) is 45.1 Å². The molecule has 0 amide bonds. The first-order valence-corrected chi connectivity index (χ1v) is 6.87. The minimum absolute atomic E-state index is 0.532. The smallest absolute Gasteiger partial charge is 0.169 e. The van der Waals surface area contributed by atoms with Crippen molar-refractivity contribution in [1.82, 2.24) is 0 Å². The number of hydrogen-bond acceptors (Lipinski definition) is 2. The molecule has 1 heterocycles. The van der Waals surface area contributed by atoms with Gasteiger partial charge in [0, 0.05) is 6.42 Å². The summed E-state index contributed by atoms with van der Waals surface area (Å²) in [6, 6.07) is 11.9. The van der Waals surface area contributed by atoms with Crippen LogP contribution in [0, 0.1) is 0 Å². The van der Waals surface area contributed by atoms with Crippen LogP contribution in [0.15, 0.2) is 45.5 Å². The molecule has 1 aromatic heterocycles. The lowest BCUT2D eigenvalue weighted by atomic mass is 9.99. The molecule has 0 aliphatic rings. The topological polar surface area (TPSA) is 33.4 Å². The zero-order valence-corrected chi connectivity index (χ0v) is 12.1. The van der Waals surface area contributed by atoms with E-state index in [-0.39, 0.29) is 0 Å². The number of benzene rings is 1. The van der Waals surface area contributed by atoms with Crippen molar-refractivity contribution in [2.75, 3.05) is 0 Å². The third-order valence-corrected chi connectivity index (χ3v) is 3.42. The van der Waals surface area contributed by atoms with Crippen LogP contribution < -0.4 is 0 Å². The largest absolute Gasteiger partial charge is 0.452 e. The van der Waals surface area contributed by atoms with Crippen LogP contribution in [0.1, 0.15) is 42.8 Å². The van der Waals surface area contributed by atoms with Gasteiger partial charge < -0.3 is 9.52 Å². The second-order valence-electron chi connectivity index (χ2n) is 4.76. The molecule has 3 heteroatoms. The number of aliphatic hydroxyl groups is 1. The Morgan fingerprint density at radius 3 is 2.28 bits per heavy atom. The van der Waals surface area contributed by atoms with Gasteiger partial charge in [-0.25, -0.2) is 0 Å². The monoisotopic (exact) mass is 308 g/mol. The molecule has 96 valence electrons. The summed E-state index contributed by atoms with van der Waals surface area (Å²) < 4.78 is 5.99. The molecule has 0 bridgehead atoms. The molecule has 1 aromatic carbocycles. The maximum Gasteiger partial charge on any atom is 0.169 e. The van der Waals surface area contributed by atoms with Crippen LogP contribution in [0.4, 0.5) is 0 Å². The summed E-state index contributed by atoms with van der Waals surface area (Å²) in [5, 5.41) is 10.1. The number of halogens is 1. The van der Waals surface area contributed by atoms with Gasteiger partial charge in [-0.1, -0.05) is 38.1 Å². The van der Waals surface area contributed by atoms with Crippen molar-refractivity contribution in [3.8, 4) is 0 Å². The second-order valence-corrected chi connectivity index (χ2v) is 5.54. The zero-order valence-electron chi connectivity index (χ0n) is 10.6. The van der Waals surface area contributed by atoms with E-state index in [4.69, 9.17) is 4.42 Å². The quantitative estimate of drug-likeness (QED) is 0.905. The Bertz CT molecular complexity index is 499. The number of aliphatic hydroxyl groups excluding tert-OH is 1. The van der Waals surface area contributed by atoms with E-state index in [0.29, 0.717) is 22.8 Å². The van der Waals surface area contributed by atoms with Gasteiger partial charge in [0.15, 0.2) is 4.67 Å². The summed E-state index contributed by atoms with van der Waals surface area (Å²) in [5.41, 5.74) is 2.42. The van der Waals surface area contributed by atoms with Crippen molar-refractivity contribution in [2.45, 2.75) is 32.3 Å². The van der Waals surface area contributed by atoms with Crippen molar-refractivity contribution >= 4 is 15.9 Å². The molecule has 1 N–H and O–H groups in total. The molecule has 0 spiro atoms. The van der Waals surface area contributed by atoms with E-state index < -0.39 is 6.10 Å². The molecule has 0 fully saturated rings. The molecule has 0 aliphatic heterocycles. The standard InChI is InChI=1S/C15H17BrO2/c1-10(2)12-5-3-11(4-6-12)9-13(17)14-7-8-15(16)18-14/h3-8,10,13,17H,9H2,1-2H3. The van der Waals surface area contributed by atoms with Crippen molar-refractivity contribution in [1.29, 1.82) is 0 Å². The predicted octanol–water partition coefficient (Wildman–Crippen LogP) is 4.44. The second kappa shape index (κ2) is 5.72. The zero-order chi connectivity index (χ0) is 13.1. The summed E-state index contributed by atoms with van der Waals surface area (Å²) in [7, 11) is 0. The molecule has 0 radical (unpaired) electrons. The fraction of sp³-hybridized carbons (Fsp3) is 0.333.